The molecule has 8 nitrogen and oxygen atoms in total. The van der Waals surface area contributed by atoms with Gasteiger partial charge in [0.05, 0.1) is 0 Å². The normalized spacial score (nSPS) is 12.8. The molecule has 0 fully saturated rings. The topological polar surface area (TPSA) is 108 Å². The number of aromatic hydroxyl groups is 1. The van der Waals surface area contributed by atoms with Crippen LogP contribution in [-0.2, 0) is 20.7 Å². The average molecular weight is 524 g/mol. The van der Waals surface area contributed by atoms with Gasteiger partial charge >= 0.3 is 6.09 Å². The second-order valence-electron chi connectivity index (χ2n) is 10.8. The van der Waals surface area contributed by atoms with Crippen LogP contribution in [-0.4, -0.2) is 52.1 Å². The third kappa shape index (κ3) is 8.94. The maximum Gasteiger partial charge on any atom is 0.408 e. The van der Waals surface area contributed by atoms with Crippen molar-refractivity contribution in [1.29, 1.82) is 0 Å². The van der Waals surface area contributed by atoms with Crippen molar-refractivity contribution in [2.75, 3.05) is 6.54 Å². The van der Waals surface area contributed by atoms with Crippen LogP contribution >= 0.6 is 0 Å². The van der Waals surface area contributed by atoms with Gasteiger partial charge in [0.2, 0.25) is 11.8 Å². The van der Waals surface area contributed by atoms with Crippen LogP contribution in [0.3, 0.4) is 0 Å². The van der Waals surface area contributed by atoms with Crippen LogP contribution in [0.1, 0.15) is 62.9 Å². The van der Waals surface area contributed by atoms with Crippen molar-refractivity contribution in [3.8, 4) is 5.75 Å². The highest BCUT2D eigenvalue weighted by Gasteiger charge is 2.36. The lowest BCUT2D eigenvalue weighted by molar-refractivity contribution is -0.142. The molecule has 0 saturated heterocycles. The van der Waals surface area contributed by atoms with E-state index in [1.54, 1.807) is 39.0 Å². The van der Waals surface area contributed by atoms with Crippen LogP contribution in [0.25, 0.3) is 0 Å². The number of rotatable bonds is 10. The van der Waals surface area contributed by atoms with Gasteiger partial charge in [-0.15, -0.1) is 6.58 Å². The van der Waals surface area contributed by atoms with Gasteiger partial charge in [0.1, 0.15) is 23.4 Å². The fraction of sp³-hybridized carbons (Fsp3) is 0.433. The summed E-state index contributed by atoms with van der Waals surface area (Å²) in [6, 6.07) is 9.96. The van der Waals surface area contributed by atoms with Crippen LogP contribution in [0.15, 0.2) is 55.1 Å². The Hall–Kier alpha value is -3.81. The molecule has 38 heavy (non-hydrogen) atoms. The van der Waals surface area contributed by atoms with Gasteiger partial charge in [-0.3, -0.25) is 9.59 Å². The number of ether oxygens (including phenoxy) is 1. The Morgan fingerprint density at radius 3 is 2.21 bits per heavy atom. The molecule has 3 N–H and O–H groups in total. The van der Waals surface area contributed by atoms with Crippen molar-refractivity contribution in [3.63, 3.8) is 0 Å². The van der Waals surface area contributed by atoms with Gasteiger partial charge in [-0.2, -0.15) is 0 Å². The molecule has 8 heteroatoms. The molecule has 2 aromatic carbocycles. The van der Waals surface area contributed by atoms with Crippen molar-refractivity contribution in [2.24, 2.45) is 0 Å². The van der Waals surface area contributed by atoms with E-state index in [0.717, 1.165) is 11.1 Å². The number of phenolic OH excluding ortho intramolecular Hbond substituents is 1. The highest BCUT2D eigenvalue weighted by Crippen LogP contribution is 2.27. The zero-order valence-corrected chi connectivity index (χ0v) is 23.5. The highest BCUT2D eigenvalue weighted by molar-refractivity contribution is 5.92. The molecule has 3 amide bonds. The van der Waals surface area contributed by atoms with Crippen molar-refractivity contribution in [3.05, 3.63) is 77.4 Å². The van der Waals surface area contributed by atoms with E-state index in [0.29, 0.717) is 11.1 Å². The molecular weight excluding hydrogens is 482 g/mol. The summed E-state index contributed by atoms with van der Waals surface area (Å²) >= 11 is 0. The molecule has 2 atom stereocenters. The minimum atomic E-state index is -1.05. The molecule has 0 aliphatic heterocycles. The van der Waals surface area contributed by atoms with Crippen LogP contribution in [0.4, 0.5) is 4.79 Å². The summed E-state index contributed by atoms with van der Waals surface area (Å²) in [6.45, 7) is 16.7. The lowest BCUT2D eigenvalue weighted by Crippen LogP contribution is -2.54. The van der Waals surface area contributed by atoms with Gasteiger partial charge in [0.15, 0.2) is 0 Å². The lowest BCUT2D eigenvalue weighted by Gasteiger charge is -2.35. The molecule has 206 valence electrons. The number of alkyl carbamates (subject to hydrolysis) is 1. The molecule has 0 saturated carbocycles. The Morgan fingerprint density at radius 1 is 1.05 bits per heavy atom. The van der Waals surface area contributed by atoms with Crippen molar-refractivity contribution in [1.82, 2.24) is 15.5 Å². The fourth-order valence-corrected chi connectivity index (χ4v) is 4.13. The van der Waals surface area contributed by atoms with Crippen molar-refractivity contribution >= 4 is 17.9 Å². The van der Waals surface area contributed by atoms with Gasteiger partial charge in [-0.25, -0.2) is 4.79 Å². The van der Waals surface area contributed by atoms with Crippen LogP contribution in [0.5, 0.6) is 5.75 Å². The predicted molar refractivity (Wildman–Crippen MR) is 149 cm³/mol. The maximum atomic E-state index is 14.2. The van der Waals surface area contributed by atoms with Gasteiger partial charge in [0.25, 0.3) is 0 Å². The van der Waals surface area contributed by atoms with E-state index in [9.17, 15) is 19.5 Å². The van der Waals surface area contributed by atoms with Gasteiger partial charge in [0, 0.05) is 19.0 Å². The summed E-state index contributed by atoms with van der Waals surface area (Å²) in [5.74, 6) is -0.708. The van der Waals surface area contributed by atoms with Crippen LogP contribution in [0, 0.1) is 13.8 Å². The Kier molecular flexibility index (Phi) is 10.5. The average Bonchev–Trinajstić information content (AvgIpc) is 2.79. The van der Waals surface area contributed by atoms with Gasteiger partial charge in [-0.05, 0) is 77.3 Å². The largest absolute Gasteiger partial charge is 0.508 e. The first-order valence-corrected chi connectivity index (χ1v) is 12.8. The molecule has 0 heterocycles. The predicted octanol–water partition coefficient (Wildman–Crippen LogP) is 4.73. The first-order chi connectivity index (χ1) is 17.7. The number of amides is 3. The van der Waals surface area contributed by atoms with E-state index >= 15 is 0 Å². The number of nitrogens with zero attached hydrogens (tertiary/aromatic N) is 1. The van der Waals surface area contributed by atoms with Crippen LogP contribution in [0.2, 0.25) is 0 Å². The number of benzene rings is 2. The first kappa shape index (κ1) is 30.4. The number of carbonyl (C=O) groups is 3. The summed E-state index contributed by atoms with van der Waals surface area (Å²) in [7, 11) is 0. The second-order valence-corrected chi connectivity index (χ2v) is 10.8. The molecule has 2 aromatic rings. The van der Waals surface area contributed by atoms with Gasteiger partial charge < -0.3 is 25.4 Å². The van der Waals surface area contributed by atoms with Crippen LogP contribution < -0.4 is 10.6 Å². The number of hydrogen-bond donors (Lipinski definition) is 3. The third-order valence-electron chi connectivity index (χ3n) is 5.68. The molecule has 2 rings (SSSR count). The molecule has 0 spiro atoms. The maximum absolute atomic E-state index is 14.2. The molecular formula is C30H41N3O5. The molecule has 0 aliphatic carbocycles. The summed E-state index contributed by atoms with van der Waals surface area (Å²) < 4.78 is 5.43. The van der Waals surface area contributed by atoms with Crippen molar-refractivity contribution in [2.45, 2.75) is 78.6 Å². The Morgan fingerprint density at radius 2 is 1.68 bits per heavy atom. The number of phenols is 1. The lowest BCUT2D eigenvalue weighted by atomic mass is 9.95. The molecule has 0 aromatic heterocycles. The molecule has 0 aliphatic rings. The fourth-order valence-electron chi connectivity index (χ4n) is 4.13. The van der Waals surface area contributed by atoms with Gasteiger partial charge in [-0.1, -0.05) is 42.0 Å². The standard InChI is InChI=1S/C30H41N3O5/c1-9-16-33(26(27(35)31-19(2)3)24-15-10-20(4)17-21(24)5)28(36)25(32-29(37)38-30(6,7)8)18-22-11-13-23(34)14-12-22/h9-15,17,19,25-26,34H,1,16,18H2,2-8H3,(H,31,35)(H,32,37). The zero-order valence-electron chi connectivity index (χ0n) is 23.5. The number of nitrogens with one attached hydrogen (secondary N) is 2. The smallest absolute Gasteiger partial charge is 0.408 e. The van der Waals surface area contributed by atoms with E-state index in [1.807, 2.05) is 45.9 Å². The molecule has 0 bridgehead atoms. The van der Waals surface area contributed by atoms with Crippen molar-refractivity contribution < 1.29 is 24.2 Å². The summed E-state index contributed by atoms with van der Waals surface area (Å²) in [4.78, 5) is 41.9. The Bertz CT molecular complexity index is 1140. The van der Waals surface area contributed by atoms with E-state index in [2.05, 4.69) is 17.2 Å². The van der Waals surface area contributed by atoms with E-state index in [-0.39, 0.29) is 30.7 Å². The molecule has 0 radical (unpaired) electrons. The highest BCUT2D eigenvalue weighted by atomic mass is 16.6. The summed E-state index contributed by atoms with van der Waals surface area (Å²) in [5.41, 5.74) is 2.53. The third-order valence-corrected chi connectivity index (χ3v) is 5.68. The first-order valence-electron chi connectivity index (χ1n) is 12.8. The Labute approximate surface area is 226 Å². The number of carbonyl (C=O) groups excluding carboxylic acids is 3. The summed E-state index contributed by atoms with van der Waals surface area (Å²) in [6.07, 6.45) is 0.933. The number of hydrogen-bond acceptors (Lipinski definition) is 5. The van der Waals surface area contributed by atoms with E-state index in [4.69, 9.17) is 4.74 Å². The van der Waals surface area contributed by atoms with E-state index in [1.165, 1.54) is 17.0 Å². The second kappa shape index (κ2) is 13.1. The minimum Gasteiger partial charge on any atom is -0.508 e. The van der Waals surface area contributed by atoms with E-state index < -0.39 is 29.7 Å². The monoisotopic (exact) mass is 523 g/mol. The minimum absolute atomic E-state index is 0.0738. The Balaban J connectivity index is 2.57. The zero-order chi connectivity index (χ0) is 28.6. The summed E-state index contributed by atoms with van der Waals surface area (Å²) in [5, 5.41) is 15.3. The number of aryl methyl sites for hydroxylation is 2. The SMILES string of the molecule is C=CCN(C(=O)C(Cc1ccc(O)cc1)NC(=O)OC(C)(C)C)C(C(=O)NC(C)C)c1ccc(C)cc1C. The quantitative estimate of drug-likeness (QED) is 0.391. The molecule has 2 unspecified atom stereocenters.